The van der Waals surface area contributed by atoms with Crippen LogP contribution in [0.5, 0.6) is 0 Å². The molecule has 0 amide bonds. The van der Waals surface area contributed by atoms with Crippen molar-refractivity contribution in [2.24, 2.45) is 0 Å². The second-order valence-corrected chi connectivity index (χ2v) is 7.06. The fraction of sp³-hybridized carbons (Fsp3) is 0.917. The molecule has 1 saturated carbocycles. The molecule has 0 aromatic heterocycles. The molecular formula is C12H24N2O4S. The van der Waals surface area contributed by atoms with E-state index in [2.05, 4.69) is 4.74 Å². The van der Waals surface area contributed by atoms with Crippen molar-refractivity contribution in [3.8, 4) is 0 Å². The van der Waals surface area contributed by atoms with Crippen LogP contribution in [0.2, 0.25) is 0 Å². The van der Waals surface area contributed by atoms with Gasteiger partial charge in [-0.1, -0.05) is 19.3 Å². The van der Waals surface area contributed by atoms with E-state index in [4.69, 9.17) is 0 Å². The van der Waals surface area contributed by atoms with Gasteiger partial charge >= 0.3 is 5.97 Å². The lowest BCUT2D eigenvalue weighted by Crippen LogP contribution is -2.46. The molecule has 0 saturated heterocycles. The summed E-state index contributed by atoms with van der Waals surface area (Å²) in [6.07, 6.45) is 5.25. The number of ether oxygens (including phenoxy) is 1. The predicted molar refractivity (Wildman–Crippen MR) is 72.8 cm³/mol. The van der Waals surface area contributed by atoms with Gasteiger partial charge in [0.15, 0.2) is 0 Å². The number of nitrogens with zero attached hydrogens (tertiary/aromatic N) is 2. The van der Waals surface area contributed by atoms with Crippen molar-refractivity contribution in [1.82, 2.24) is 8.61 Å². The number of methoxy groups -OCH3 is 1. The normalized spacial score (nSPS) is 17.9. The van der Waals surface area contributed by atoms with Gasteiger partial charge in [-0.15, -0.1) is 0 Å². The molecule has 0 atom stereocenters. The molecule has 0 N–H and O–H groups in total. The average molecular weight is 292 g/mol. The maximum Gasteiger partial charge on any atom is 0.306 e. The highest BCUT2D eigenvalue weighted by Crippen LogP contribution is 2.24. The van der Waals surface area contributed by atoms with Crippen LogP contribution in [-0.2, 0) is 19.7 Å². The van der Waals surface area contributed by atoms with E-state index in [0.29, 0.717) is 0 Å². The quantitative estimate of drug-likeness (QED) is 0.685. The molecule has 7 heteroatoms. The van der Waals surface area contributed by atoms with Crippen LogP contribution < -0.4 is 0 Å². The summed E-state index contributed by atoms with van der Waals surface area (Å²) in [5.41, 5.74) is 0. The lowest BCUT2D eigenvalue weighted by atomic mass is 9.96. The van der Waals surface area contributed by atoms with Crippen molar-refractivity contribution in [2.45, 2.75) is 44.6 Å². The Bertz CT molecular complexity index is 391. The minimum absolute atomic E-state index is 0.0741. The maximum absolute atomic E-state index is 12.3. The number of carbonyl (C=O) groups excluding carboxylic acids is 1. The molecule has 6 nitrogen and oxygen atoms in total. The Hall–Kier alpha value is -0.660. The predicted octanol–water partition coefficient (Wildman–Crippen LogP) is 0.991. The van der Waals surface area contributed by atoms with Crippen LogP contribution in [0.1, 0.15) is 38.5 Å². The standard InChI is InChI=1S/C12H24N2O4S/c1-13(10-9-12(15)18-3)19(16,17)14(2)11-7-5-4-6-8-11/h11H,4-10H2,1-3H3. The first kappa shape index (κ1) is 16.4. The van der Waals surface area contributed by atoms with E-state index < -0.39 is 16.2 Å². The first-order chi connectivity index (χ1) is 8.89. The fourth-order valence-electron chi connectivity index (χ4n) is 2.32. The van der Waals surface area contributed by atoms with Crippen LogP contribution in [0.3, 0.4) is 0 Å². The minimum atomic E-state index is -3.48. The van der Waals surface area contributed by atoms with E-state index in [0.717, 1.165) is 25.7 Å². The first-order valence-corrected chi connectivity index (χ1v) is 8.05. The summed E-state index contributed by atoms with van der Waals surface area (Å²) in [5, 5.41) is 0. The van der Waals surface area contributed by atoms with Gasteiger partial charge in [0, 0.05) is 26.7 Å². The third kappa shape index (κ3) is 4.43. The van der Waals surface area contributed by atoms with E-state index in [1.165, 1.54) is 29.2 Å². The van der Waals surface area contributed by atoms with Crippen LogP contribution in [0.15, 0.2) is 0 Å². The van der Waals surface area contributed by atoms with Crippen molar-refractivity contribution >= 4 is 16.2 Å². The summed E-state index contributed by atoms with van der Waals surface area (Å²) in [5.74, 6) is -0.401. The number of hydrogen-bond donors (Lipinski definition) is 0. The average Bonchev–Trinajstić information content (AvgIpc) is 2.44. The number of hydrogen-bond acceptors (Lipinski definition) is 4. The highest BCUT2D eigenvalue weighted by Gasteiger charge is 2.30. The number of carbonyl (C=O) groups is 1. The molecular weight excluding hydrogens is 268 g/mol. The van der Waals surface area contributed by atoms with Crippen molar-refractivity contribution in [3.63, 3.8) is 0 Å². The summed E-state index contributed by atoms with van der Waals surface area (Å²) in [6.45, 7) is 0.145. The lowest BCUT2D eigenvalue weighted by molar-refractivity contribution is -0.140. The topological polar surface area (TPSA) is 66.9 Å². The third-order valence-electron chi connectivity index (χ3n) is 3.71. The number of rotatable bonds is 6. The Morgan fingerprint density at radius 2 is 1.79 bits per heavy atom. The minimum Gasteiger partial charge on any atom is -0.469 e. The van der Waals surface area contributed by atoms with E-state index in [1.54, 1.807) is 7.05 Å². The Morgan fingerprint density at radius 1 is 1.21 bits per heavy atom. The van der Waals surface area contributed by atoms with E-state index in [9.17, 15) is 13.2 Å². The monoisotopic (exact) mass is 292 g/mol. The van der Waals surface area contributed by atoms with Crippen LogP contribution in [0.4, 0.5) is 0 Å². The molecule has 0 aromatic carbocycles. The summed E-state index contributed by atoms with van der Waals surface area (Å²) in [7, 11) is 0.936. The SMILES string of the molecule is COC(=O)CCN(C)S(=O)(=O)N(C)C1CCCCC1. The largest absolute Gasteiger partial charge is 0.469 e. The summed E-state index contributed by atoms with van der Waals surface area (Å²) in [4.78, 5) is 11.1. The summed E-state index contributed by atoms with van der Waals surface area (Å²) in [6, 6.07) is 0.0827. The number of esters is 1. The molecule has 1 rings (SSSR count). The van der Waals surface area contributed by atoms with Gasteiger partial charge in [0.1, 0.15) is 0 Å². The second-order valence-electron chi connectivity index (χ2n) is 4.96. The highest BCUT2D eigenvalue weighted by atomic mass is 32.2. The molecule has 0 spiro atoms. The molecule has 0 aliphatic heterocycles. The Labute approximate surface area is 115 Å². The Kier molecular flexibility index (Phi) is 6.22. The van der Waals surface area contributed by atoms with E-state index in [1.807, 2.05) is 0 Å². The molecule has 0 heterocycles. The van der Waals surface area contributed by atoms with Crippen molar-refractivity contribution in [1.29, 1.82) is 0 Å². The van der Waals surface area contributed by atoms with Crippen molar-refractivity contribution < 1.29 is 17.9 Å². The zero-order valence-electron chi connectivity index (χ0n) is 12.0. The molecule has 0 radical (unpaired) electrons. The van der Waals surface area contributed by atoms with Crippen molar-refractivity contribution in [2.75, 3.05) is 27.7 Å². The Morgan fingerprint density at radius 3 is 2.32 bits per heavy atom. The smallest absolute Gasteiger partial charge is 0.306 e. The first-order valence-electron chi connectivity index (χ1n) is 6.65. The van der Waals surface area contributed by atoms with E-state index >= 15 is 0 Å². The third-order valence-corrected chi connectivity index (χ3v) is 5.70. The van der Waals surface area contributed by atoms with Crippen LogP contribution in [0, 0.1) is 0 Å². The lowest BCUT2D eigenvalue weighted by Gasteiger charge is -2.33. The zero-order chi connectivity index (χ0) is 14.5. The van der Waals surface area contributed by atoms with Gasteiger partial charge in [-0.05, 0) is 12.8 Å². The zero-order valence-corrected chi connectivity index (χ0v) is 12.8. The summed E-state index contributed by atoms with van der Waals surface area (Å²) >= 11 is 0. The fourth-order valence-corrected chi connectivity index (χ4v) is 3.67. The van der Waals surface area contributed by atoms with Gasteiger partial charge in [-0.2, -0.15) is 17.0 Å². The molecule has 0 unspecified atom stereocenters. The van der Waals surface area contributed by atoms with Gasteiger partial charge in [0.05, 0.1) is 13.5 Å². The van der Waals surface area contributed by atoms with Crippen molar-refractivity contribution in [3.05, 3.63) is 0 Å². The van der Waals surface area contributed by atoms with Crippen LogP contribution >= 0.6 is 0 Å². The molecule has 19 heavy (non-hydrogen) atoms. The Balaban J connectivity index is 2.59. The molecule has 0 aromatic rings. The summed E-state index contributed by atoms with van der Waals surface area (Å²) < 4.78 is 31.8. The molecule has 1 aliphatic carbocycles. The van der Waals surface area contributed by atoms with Gasteiger partial charge in [-0.3, -0.25) is 4.79 Å². The second kappa shape index (κ2) is 7.21. The van der Waals surface area contributed by atoms with Crippen LogP contribution in [0.25, 0.3) is 0 Å². The van der Waals surface area contributed by atoms with Gasteiger partial charge in [0.2, 0.25) is 0 Å². The van der Waals surface area contributed by atoms with Gasteiger partial charge in [0.25, 0.3) is 10.2 Å². The molecule has 1 fully saturated rings. The van der Waals surface area contributed by atoms with E-state index in [-0.39, 0.29) is 19.0 Å². The molecule has 1 aliphatic rings. The maximum atomic E-state index is 12.3. The van der Waals surface area contributed by atoms with Gasteiger partial charge < -0.3 is 4.74 Å². The molecule has 0 bridgehead atoms. The van der Waals surface area contributed by atoms with Gasteiger partial charge in [-0.25, -0.2) is 0 Å². The molecule has 112 valence electrons. The highest BCUT2D eigenvalue weighted by molar-refractivity contribution is 7.86. The van der Waals surface area contributed by atoms with Crippen LogP contribution in [-0.4, -0.2) is 56.8 Å².